The fourth-order valence-corrected chi connectivity index (χ4v) is 2.29. The van der Waals surface area contributed by atoms with Gasteiger partial charge in [0.25, 0.3) is 0 Å². The summed E-state index contributed by atoms with van der Waals surface area (Å²) in [6, 6.07) is 15.3. The summed E-state index contributed by atoms with van der Waals surface area (Å²) in [5.74, 6) is 0.806. The molecule has 112 valence electrons. The molecule has 0 saturated heterocycles. The molecule has 0 aliphatic rings. The highest BCUT2D eigenvalue weighted by Gasteiger charge is 2.17. The highest BCUT2D eigenvalue weighted by atomic mass is 16.5. The molecule has 2 rings (SSSR count). The van der Waals surface area contributed by atoms with Gasteiger partial charge in [0.1, 0.15) is 11.9 Å². The van der Waals surface area contributed by atoms with E-state index in [0.717, 1.165) is 16.9 Å². The second kappa shape index (κ2) is 7.22. The normalized spacial score (nSPS) is 13.7. The first-order valence-corrected chi connectivity index (χ1v) is 6.91. The number of hydrogen-bond donors (Lipinski definition) is 3. The molecule has 0 amide bonds. The maximum Gasteiger partial charge on any atom is 0.126 e. The Bertz CT molecular complexity index is 569. The van der Waals surface area contributed by atoms with Crippen molar-refractivity contribution in [1.29, 1.82) is 0 Å². The number of aliphatic hydroxyl groups excluding tert-OH is 2. The van der Waals surface area contributed by atoms with E-state index in [1.807, 2.05) is 48.5 Å². The monoisotopic (exact) mass is 287 g/mol. The van der Waals surface area contributed by atoms with E-state index < -0.39 is 12.2 Å². The van der Waals surface area contributed by atoms with Gasteiger partial charge in [0.2, 0.25) is 0 Å². The summed E-state index contributed by atoms with van der Waals surface area (Å²) in [7, 11) is 3.38. The van der Waals surface area contributed by atoms with E-state index in [0.29, 0.717) is 12.1 Å². The van der Waals surface area contributed by atoms with E-state index in [1.54, 1.807) is 14.2 Å². The molecule has 0 aromatic heterocycles. The maximum absolute atomic E-state index is 10.1. The molecule has 2 aromatic rings. The number of likely N-dealkylation sites (N-methyl/N-ethyl adjacent to an activating group) is 1. The number of nitrogens with one attached hydrogen (secondary N) is 1. The summed E-state index contributed by atoms with van der Waals surface area (Å²) in [5.41, 5.74) is 2.69. The van der Waals surface area contributed by atoms with Gasteiger partial charge < -0.3 is 20.3 Å². The summed E-state index contributed by atoms with van der Waals surface area (Å²) in [4.78, 5) is 0. The van der Waals surface area contributed by atoms with Crippen molar-refractivity contribution in [3.63, 3.8) is 0 Å². The second-order valence-electron chi connectivity index (χ2n) is 4.89. The van der Waals surface area contributed by atoms with Crippen LogP contribution in [0.15, 0.2) is 48.5 Å². The van der Waals surface area contributed by atoms with Gasteiger partial charge in [-0.25, -0.2) is 0 Å². The SMILES string of the molecule is CNCC(O)C(O)c1ccc(-c2ccccc2OC)cc1. The van der Waals surface area contributed by atoms with E-state index in [2.05, 4.69) is 5.32 Å². The number of methoxy groups -OCH3 is 1. The van der Waals surface area contributed by atoms with Gasteiger partial charge >= 0.3 is 0 Å². The minimum Gasteiger partial charge on any atom is -0.496 e. The Morgan fingerprint density at radius 1 is 1.05 bits per heavy atom. The van der Waals surface area contributed by atoms with Crippen molar-refractivity contribution in [2.75, 3.05) is 20.7 Å². The standard InChI is InChI=1S/C17H21NO3/c1-18-11-15(19)17(20)13-9-7-12(8-10-13)14-5-3-4-6-16(14)21-2/h3-10,15,17-20H,11H2,1-2H3. The molecule has 0 fully saturated rings. The van der Waals surface area contributed by atoms with Crippen LogP contribution in [0.5, 0.6) is 5.75 Å². The number of ether oxygens (including phenoxy) is 1. The number of para-hydroxylation sites is 1. The summed E-state index contributed by atoms with van der Waals surface area (Å²) >= 11 is 0. The van der Waals surface area contributed by atoms with Crippen molar-refractivity contribution >= 4 is 0 Å². The van der Waals surface area contributed by atoms with Gasteiger partial charge in [-0.2, -0.15) is 0 Å². The molecule has 2 aromatic carbocycles. The van der Waals surface area contributed by atoms with E-state index in [4.69, 9.17) is 4.74 Å². The largest absolute Gasteiger partial charge is 0.496 e. The van der Waals surface area contributed by atoms with Crippen molar-refractivity contribution in [3.8, 4) is 16.9 Å². The lowest BCUT2D eigenvalue weighted by atomic mass is 9.99. The van der Waals surface area contributed by atoms with Crippen LogP contribution < -0.4 is 10.1 Å². The summed E-state index contributed by atoms with van der Waals surface area (Å²) in [5, 5.41) is 22.7. The smallest absolute Gasteiger partial charge is 0.126 e. The maximum atomic E-state index is 10.1. The van der Waals surface area contributed by atoms with Crippen molar-refractivity contribution in [3.05, 3.63) is 54.1 Å². The van der Waals surface area contributed by atoms with Crippen LogP contribution in [-0.2, 0) is 0 Å². The minimum atomic E-state index is -0.899. The van der Waals surface area contributed by atoms with Crippen molar-refractivity contribution in [1.82, 2.24) is 5.32 Å². The molecule has 2 unspecified atom stereocenters. The van der Waals surface area contributed by atoms with Gasteiger partial charge in [0.05, 0.1) is 13.2 Å². The molecule has 0 aliphatic carbocycles. The predicted octanol–water partition coefficient (Wildman–Crippen LogP) is 1.98. The Hall–Kier alpha value is -1.88. The Kier molecular flexibility index (Phi) is 5.33. The molecule has 3 N–H and O–H groups in total. The molecule has 0 saturated carbocycles. The van der Waals surface area contributed by atoms with E-state index in [-0.39, 0.29) is 0 Å². The molecule has 0 heterocycles. The molecule has 0 spiro atoms. The van der Waals surface area contributed by atoms with Crippen LogP contribution in [0.4, 0.5) is 0 Å². The molecule has 4 heteroatoms. The zero-order valence-electron chi connectivity index (χ0n) is 12.3. The van der Waals surface area contributed by atoms with Crippen LogP contribution in [0.25, 0.3) is 11.1 Å². The van der Waals surface area contributed by atoms with Crippen molar-refractivity contribution in [2.45, 2.75) is 12.2 Å². The first-order valence-electron chi connectivity index (χ1n) is 6.91. The lowest BCUT2D eigenvalue weighted by Crippen LogP contribution is -2.29. The third-order valence-corrected chi connectivity index (χ3v) is 3.45. The first kappa shape index (κ1) is 15.5. The second-order valence-corrected chi connectivity index (χ2v) is 4.89. The summed E-state index contributed by atoms with van der Waals surface area (Å²) in [6.07, 6.45) is -1.73. The molecule has 0 bridgehead atoms. The predicted molar refractivity (Wildman–Crippen MR) is 83.3 cm³/mol. The Labute approximate surface area is 125 Å². The van der Waals surface area contributed by atoms with Gasteiger partial charge in [-0.05, 0) is 24.2 Å². The minimum absolute atomic E-state index is 0.343. The number of rotatable bonds is 6. The summed E-state index contributed by atoms with van der Waals surface area (Å²) < 4.78 is 5.35. The average molecular weight is 287 g/mol. The Balaban J connectivity index is 2.23. The molecule has 21 heavy (non-hydrogen) atoms. The van der Waals surface area contributed by atoms with E-state index in [1.165, 1.54) is 0 Å². The first-order chi connectivity index (χ1) is 10.2. The fraction of sp³-hybridized carbons (Fsp3) is 0.294. The molecule has 2 atom stereocenters. The van der Waals surface area contributed by atoms with Crippen LogP contribution in [0.2, 0.25) is 0 Å². The van der Waals surface area contributed by atoms with E-state index >= 15 is 0 Å². The molecular formula is C17H21NO3. The highest BCUT2D eigenvalue weighted by Crippen LogP contribution is 2.30. The third-order valence-electron chi connectivity index (χ3n) is 3.45. The van der Waals surface area contributed by atoms with Crippen LogP contribution in [-0.4, -0.2) is 37.0 Å². The lowest BCUT2D eigenvalue weighted by Gasteiger charge is -2.18. The fourth-order valence-electron chi connectivity index (χ4n) is 2.29. The number of hydrogen-bond acceptors (Lipinski definition) is 4. The quantitative estimate of drug-likeness (QED) is 0.760. The lowest BCUT2D eigenvalue weighted by molar-refractivity contribution is 0.0202. The van der Waals surface area contributed by atoms with Gasteiger partial charge in [0, 0.05) is 12.1 Å². The Morgan fingerprint density at radius 2 is 1.71 bits per heavy atom. The number of aliphatic hydroxyl groups is 2. The third kappa shape index (κ3) is 3.61. The zero-order valence-corrected chi connectivity index (χ0v) is 12.3. The molecule has 0 radical (unpaired) electrons. The van der Waals surface area contributed by atoms with E-state index in [9.17, 15) is 10.2 Å². The van der Waals surface area contributed by atoms with Crippen molar-refractivity contribution in [2.24, 2.45) is 0 Å². The van der Waals surface area contributed by atoms with Crippen LogP contribution in [0.3, 0.4) is 0 Å². The topological polar surface area (TPSA) is 61.7 Å². The summed E-state index contributed by atoms with van der Waals surface area (Å²) in [6.45, 7) is 0.343. The van der Waals surface area contributed by atoms with Gasteiger partial charge in [-0.1, -0.05) is 42.5 Å². The average Bonchev–Trinajstić information content (AvgIpc) is 2.54. The van der Waals surface area contributed by atoms with Gasteiger partial charge in [0.15, 0.2) is 0 Å². The van der Waals surface area contributed by atoms with Gasteiger partial charge in [-0.3, -0.25) is 0 Å². The zero-order chi connectivity index (χ0) is 15.2. The van der Waals surface area contributed by atoms with Crippen molar-refractivity contribution < 1.29 is 14.9 Å². The van der Waals surface area contributed by atoms with Crippen LogP contribution in [0.1, 0.15) is 11.7 Å². The number of benzene rings is 2. The van der Waals surface area contributed by atoms with Crippen LogP contribution in [0, 0.1) is 0 Å². The molecular weight excluding hydrogens is 266 g/mol. The van der Waals surface area contributed by atoms with Gasteiger partial charge in [-0.15, -0.1) is 0 Å². The Morgan fingerprint density at radius 3 is 2.33 bits per heavy atom. The molecule has 4 nitrogen and oxygen atoms in total. The highest BCUT2D eigenvalue weighted by molar-refractivity contribution is 5.70. The van der Waals surface area contributed by atoms with Crippen LogP contribution >= 0.6 is 0 Å². The molecule has 0 aliphatic heterocycles.